The number of hydrogen-bond donors (Lipinski definition) is 2. The van der Waals surface area contributed by atoms with Gasteiger partial charge in [0.25, 0.3) is 0 Å². The first kappa shape index (κ1) is 12.0. The van der Waals surface area contributed by atoms with Crippen molar-refractivity contribution < 1.29 is 19.8 Å². The number of carboxylic acid groups (broad SMARTS) is 2. The Morgan fingerprint density at radius 2 is 1.69 bits per heavy atom. The molecule has 0 aliphatic carbocycles. The lowest BCUT2D eigenvalue weighted by Gasteiger charge is -2.12. The highest BCUT2D eigenvalue weighted by atomic mass is 16.4. The van der Waals surface area contributed by atoms with E-state index in [1.165, 1.54) is 0 Å². The molecule has 0 saturated carbocycles. The second-order valence-corrected chi connectivity index (χ2v) is 3.51. The van der Waals surface area contributed by atoms with Gasteiger partial charge in [-0.1, -0.05) is 36.4 Å². The molecule has 0 aromatic heterocycles. The molecule has 1 aromatic carbocycles. The maximum absolute atomic E-state index is 11.0. The van der Waals surface area contributed by atoms with Crippen molar-refractivity contribution in [3.8, 4) is 0 Å². The number of carboxylic acids is 2. The molecule has 2 N–H and O–H groups in total. The number of aryl methyl sites for hydroxylation is 1. The monoisotopic (exact) mass is 220 g/mol. The van der Waals surface area contributed by atoms with Gasteiger partial charge in [-0.2, -0.15) is 0 Å². The van der Waals surface area contributed by atoms with Crippen LogP contribution < -0.4 is 0 Å². The fourth-order valence-electron chi connectivity index (χ4n) is 1.38. The second-order valence-electron chi connectivity index (χ2n) is 3.51. The highest BCUT2D eigenvalue weighted by Gasteiger charge is 2.27. The van der Waals surface area contributed by atoms with E-state index in [1.54, 1.807) is 24.3 Å². The summed E-state index contributed by atoms with van der Waals surface area (Å²) in [6, 6.07) is 6.67. The van der Waals surface area contributed by atoms with Crippen LogP contribution in [0.2, 0.25) is 0 Å². The number of aliphatic carboxylic acids is 2. The highest BCUT2D eigenvalue weighted by molar-refractivity contribution is 5.96. The zero-order chi connectivity index (χ0) is 12.3. The van der Waals surface area contributed by atoms with Crippen LogP contribution in [0.5, 0.6) is 0 Å². The van der Waals surface area contributed by atoms with E-state index in [0.29, 0.717) is 5.56 Å². The smallest absolute Gasteiger partial charge is 0.332 e. The Hall–Kier alpha value is -2.10. The summed E-state index contributed by atoms with van der Waals surface area (Å²) in [4.78, 5) is 21.7. The van der Waals surface area contributed by atoms with Crippen molar-refractivity contribution in [2.45, 2.75) is 12.8 Å². The SMILES string of the molecule is C=C(C(=O)O)C(C(=O)O)c1ccc(C)cc1. The molecule has 1 aromatic rings. The Labute approximate surface area is 92.8 Å². The minimum absolute atomic E-state index is 0.337. The zero-order valence-electron chi connectivity index (χ0n) is 8.80. The van der Waals surface area contributed by atoms with Crippen molar-refractivity contribution in [1.29, 1.82) is 0 Å². The molecule has 0 heterocycles. The van der Waals surface area contributed by atoms with Crippen molar-refractivity contribution in [2.75, 3.05) is 0 Å². The average Bonchev–Trinajstić information content (AvgIpc) is 2.20. The molecular formula is C12H12O4. The van der Waals surface area contributed by atoms with E-state index >= 15 is 0 Å². The molecule has 0 bridgehead atoms. The van der Waals surface area contributed by atoms with Gasteiger partial charge in [-0.15, -0.1) is 0 Å². The predicted octanol–water partition coefficient (Wildman–Crippen LogP) is 1.80. The minimum Gasteiger partial charge on any atom is -0.481 e. The first-order chi connectivity index (χ1) is 7.43. The van der Waals surface area contributed by atoms with Crippen LogP contribution in [-0.4, -0.2) is 22.2 Å². The molecule has 4 heteroatoms. The van der Waals surface area contributed by atoms with Crippen LogP contribution in [0.1, 0.15) is 17.0 Å². The average molecular weight is 220 g/mol. The maximum atomic E-state index is 11.0. The molecule has 16 heavy (non-hydrogen) atoms. The van der Waals surface area contributed by atoms with Crippen LogP contribution in [0, 0.1) is 6.92 Å². The van der Waals surface area contributed by atoms with Gasteiger partial charge in [0.15, 0.2) is 0 Å². The van der Waals surface area contributed by atoms with Gasteiger partial charge in [0.2, 0.25) is 0 Å². The summed E-state index contributed by atoms with van der Waals surface area (Å²) in [7, 11) is 0. The van der Waals surface area contributed by atoms with E-state index in [0.717, 1.165) is 5.56 Å². The quantitative estimate of drug-likeness (QED) is 0.759. The summed E-state index contributed by atoms with van der Waals surface area (Å²) < 4.78 is 0. The summed E-state index contributed by atoms with van der Waals surface area (Å²) in [6.45, 7) is 5.16. The van der Waals surface area contributed by atoms with Gasteiger partial charge in [0.1, 0.15) is 5.92 Å². The molecule has 0 aliphatic rings. The van der Waals surface area contributed by atoms with E-state index in [1.807, 2.05) is 6.92 Å². The summed E-state index contributed by atoms with van der Waals surface area (Å²) in [5.74, 6) is -3.71. The highest BCUT2D eigenvalue weighted by Crippen LogP contribution is 2.24. The lowest BCUT2D eigenvalue weighted by molar-refractivity contribution is -0.141. The van der Waals surface area contributed by atoms with Crippen LogP contribution >= 0.6 is 0 Å². The van der Waals surface area contributed by atoms with E-state index in [-0.39, 0.29) is 5.57 Å². The van der Waals surface area contributed by atoms with Crippen LogP contribution in [0.4, 0.5) is 0 Å². The number of rotatable bonds is 4. The van der Waals surface area contributed by atoms with Crippen molar-refractivity contribution in [1.82, 2.24) is 0 Å². The Kier molecular flexibility index (Phi) is 3.45. The molecule has 1 rings (SSSR count). The van der Waals surface area contributed by atoms with Gasteiger partial charge in [0, 0.05) is 5.57 Å². The van der Waals surface area contributed by atoms with Gasteiger partial charge < -0.3 is 10.2 Å². The lowest BCUT2D eigenvalue weighted by Crippen LogP contribution is -2.18. The van der Waals surface area contributed by atoms with Gasteiger partial charge in [-0.3, -0.25) is 4.79 Å². The number of hydrogen-bond acceptors (Lipinski definition) is 2. The van der Waals surface area contributed by atoms with Crippen LogP contribution in [-0.2, 0) is 9.59 Å². The van der Waals surface area contributed by atoms with E-state index in [4.69, 9.17) is 10.2 Å². The van der Waals surface area contributed by atoms with Gasteiger partial charge in [0.05, 0.1) is 0 Å². The zero-order valence-corrected chi connectivity index (χ0v) is 8.80. The molecular weight excluding hydrogens is 208 g/mol. The van der Waals surface area contributed by atoms with Gasteiger partial charge >= 0.3 is 11.9 Å². The summed E-state index contributed by atoms with van der Waals surface area (Å²) in [6.07, 6.45) is 0. The van der Waals surface area contributed by atoms with E-state index in [9.17, 15) is 9.59 Å². The summed E-state index contributed by atoms with van der Waals surface area (Å²) in [5, 5.41) is 17.7. The third-order valence-corrected chi connectivity index (χ3v) is 2.28. The first-order valence-electron chi connectivity index (χ1n) is 4.65. The van der Waals surface area contributed by atoms with Crippen LogP contribution in [0.3, 0.4) is 0 Å². The summed E-state index contributed by atoms with van der Waals surface area (Å²) in [5.41, 5.74) is 1.07. The first-order valence-corrected chi connectivity index (χ1v) is 4.65. The van der Waals surface area contributed by atoms with Crippen LogP contribution in [0.25, 0.3) is 0 Å². The normalized spacial score (nSPS) is 11.8. The predicted molar refractivity (Wildman–Crippen MR) is 58.3 cm³/mol. The van der Waals surface area contributed by atoms with Crippen molar-refractivity contribution in [2.24, 2.45) is 0 Å². The van der Waals surface area contributed by atoms with Crippen molar-refractivity contribution in [3.05, 3.63) is 47.5 Å². The Morgan fingerprint density at radius 1 is 1.19 bits per heavy atom. The van der Waals surface area contributed by atoms with Gasteiger partial charge in [-0.05, 0) is 12.5 Å². The van der Waals surface area contributed by atoms with Crippen LogP contribution in [0.15, 0.2) is 36.4 Å². The molecule has 1 atom stereocenters. The standard InChI is InChI=1S/C12H12O4/c1-7-3-5-9(6-4-7)10(12(15)16)8(2)11(13)14/h3-6,10H,2H2,1H3,(H,13,14)(H,15,16). The Balaban J connectivity index is 3.13. The minimum atomic E-state index is -1.30. The molecule has 4 nitrogen and oxygen atoms in total. The fraction of sp³-hybridized carbons (Fsp3) is 0.167. The molecule has 84 valence electrons. The summed E-state index contributed by atoms with van der Waals surface area (Å²) >= 11 is 0. The van der Waals surface area contributed by atoms with Crippen molar-refractivity contribution >= 4 is 11.9 Å². The van der Waals surface area contributed by atoms with E-state index < -0.39 is 17.9 Å². The Bertz CT molecular complexity index is 431. The maximum Gasteiger partial charge on any atom is 0.332 e. The molecule has 0 saturated heterocycles. The van der Waals surface area contributed by atoms with E-state index in [2.05, 4.69) is 6.58 Å². The molecule has 0 amide bonds. The van der Waals surface area contributed by atoms with Gasteiger partial charge in [-0.25, -0.2) is 4.79 Å². The number of benzene rings is 1. The number of carbonyl (C=O) groups is 2. The fourth-order valence-corrected chi connectivity index (χ4v) is 1.38. The molecule has 0 spiro atoms. The molecule has 1 unspecified atom stereocenters. The third kappa shape index (κ3) is 2.48. The Morgan fingerprint density at radius 3 is 2.06 bits per heavy atom. The largest absolute Gasteiger partial charge is 0.481 e. The molecule has 0 fully saturated rings. The second kappa shape index (κ2) is 4.61. The molecule has 0 aliphatic heterocycles. The third-order valence-electron chi connectivity index (χ3n) is 2.28. The molecule has 0 radical (unpaired) electrons. The topological polar surface area (TPSA) is 74.6 Å². The lowest BCUT2D eigenvalue weighted by atomic mass is 9.91. The van der Waals surface area contributed by atoms with Crippen molar-refractivity contribution in [3.63, 3.8) is 0 Å².